The average Bonchev–Trinajstić information content (AvgIpc) is 3.46. The van der Waals surface area contributed by atoms with Crippen LogP contribution in [0.4, 0.5) is 26.3 Å². The van der Waals surface area contributed by atoms with Gasteiger partial charge in [-0.2, -0.15) is 26.3 Å². The number of ether oxygens (including phenoxy) is 2. The number of carbonyl (C=O) groups is 1. The highest BCUT2D eigenvalue weighted by Gasteiger charge is 2.62. The lowest BCUT2D eigenvalue weighted by Gasteiger charge is -2.35. The maximum absolute atomic E-state index is 14.4. The van der Waals surface area contributed by atoms with Crippen molar-refractivity contribution in [2.24, 2.45) is 0 Å². The summed E-state index contributed by atoms with van der Waals surface area (Å²) in [6.45, 7) is 1.41. The minimum Gasteiger partial charge on any atom is -0.489 e. The van der Waals surface area contributed by atoms with E-state index in [1.165, 1.54) is 67.8 Å². The molecule has 1 aromatic heterocycles. The van der Waals surface area contributed by atoms with Crippen molar-refractivity contribution in [1.82, 2.24) is 4.57 Å². The van der Waals surface area contributed by atoms with Crippen LogP contribution in [0.2, 0.25) is 0 Å². The van der Waals surface area contributed by atoms with E-state index >= 15 is 0 Å². The van der Waals surface area contributed by atoms with Gasteiger partial charge in [0.1, 0.15) is 12.4 Å². The van der Waals surface area contributed by atoms with E-state index < -0.39 is 35.8 Å². The summed E-state index contributed by atoms with van der Waals surface area (Å²) >= 11 is 0. The van der Waals surface area contributed by atoms with Crippen molar-refractivity contribution in [2.45, 2.75) is 37.8 Å². The third-order valence-corrected chi connectivity index (χ3v) is 6.42. The van der Waals surface area contributed by atoms with Gasteiger partial charge in [0, 0.05) is 18.8 Å². The minimum atomic E-state index is -4.93. The first-order chi connectivity index (χ1) is 18.9. The standard InChI is InChI=1S/C30H25F6NO3/c1-2-39-27(38)28(30(34,35)36,37-17-3-4-18-37)19-21-7-15-26(16-8-21)40-20-22-5-9-23(10-6-22)24-11-13-25(14-12-24)29(31,32)33/h3-18H,2,19-20H2,1H3/t28-/m0/s1. The Hall–Kier alpha value is -4.21. The molecule has 4 aromatic rings. The number of hydrogen-bond acceptors (Lipinski definition) is 3. The SMILES string of the molecule is CCOC(=O)[C@](Cc1ccc(OCc2ccc(-c3ccc(C(F)(F)F)cc3)cc2)cc1)(n1cccc1)C(F)(F)F. The summed E-state index contributed by atoms with van der Waals surface area (Å²) in [5, 5.41) is 0. The lowest BCUT2D eigenvalue weighted by atomic mass is 9.89. The van der Waals surface area contributed by atoms with Gasteiger partial charge in [-0.25, -0.2) is 4.79 Å². The summed E-state index contributed by atoms with van der Waals surface area (Å²) in [6.07, 6.45) is -7.63. The van der Waals surface area contributed by atoms with Crippen LogP contribution in [-0.2, 0) is 34.3 Å². The smallest absolute Gasteiger partial charge is 0.423 e. The molecule has 10 heteroatoms. The molecule has 0 unspecified atom stereocenters. The van der Waals surface area contributed by atoms with E-state index in [4.69, 9.17) is 9.47 Å². The molecule has 0 spiro atoms. The first kappa shape index (κ1) is 28.8. The van der Waals surface area contributed by atoms with Gasteiger partial charge >= 0.3 is 18.3 Å². The molecule has 0 amide bonds. The number of carbonyl (C=O) groups excluding carboxylic acids is 1. The van der Waals surface area contributed by atoms with Crippen LogP contribution in [0.1, 0.15) is 23.6 Å². The van der Waals surface area contributed by atoms with Crippen molar-refractivity contribution in [3.63, 3.8) is 0 Å². The van der Waals surface area contributed by atoms with E-state index in [1.807, 2.05) is 0 Å². The number of aromatic nitrogens is 1. The van der Waals surface area contributed by atoms with Gasteiger partial charge < -0.3 is 14.0 Å². The Morgan fingerprint density at radius 3 is 1.77 bits per heavy atom. The molecule has 1 atom stereocenters. The van der Waals surface area contributed by atoms with Crippen LogP contribution in [0, 0.1) is 0 Å². The Balaban J connectivity index is 1.44. The van der Waals surface area contributed by atoms with E-state index in [-0.39, 0.29) is 18.8 Å². The van der Waals surface area contributed by atoms with Crippen LogP contribution in [0.25, 0.3) is 11.1 Å². The maximum atomic E-state index is 14.4. The molecule has 0 aliphatic heterocycles. The number of benzene rings is 3. The quantitative estimate of drug-likeness (QED) is 0.155. The second-order valence-electron chi connectivity index (χ2n) is 9.05. The lowest BCUT2D eigenvalue weighted by Crippen LogP contribution is -2.56. The zero-order valence-electron chi connectivity index (χ0n) is 21.3. The highest BCUT2D eigenvalue weighted by atomic mass is 19.4. The van der Waals surface area contributed by atoms with Gasteiger partial charge in [0.2, 0.25) is 5.54 Å². The summed E-state index contributed by atoms with van der Waals surface area (Å²) in [5.41, 5.74) is -1.24. The van der Waals surface area contributed by atoms with E-state index in [0.717, 1.165) is 27.8 Å². The molecule has 4 rings (SSSR count). The molecular formula is C30H25F6NO3. The summed E-state index contributed by atoms with van der Waals surface area (Å²) < 4.78 is 93.0. The molecule has 0 saturated carbocycles. The molecule has 3 aromatic carbocycles. The van der Waals surface area contributed by atoms with Crippen molar-refractivity contribution in [1.29, 1.82) is 0 Å². The molecular weight excluding hydrogens is 536 g/mol. The van der Waals surface area contributed by atoms with Crippen molar-refractivity contribution < 1.29 is 40.6 Å². The Morgan fingerprint density at radius 1 is 0.750 bits per heavy atom. The molecule has 0 saturated heterocycles. The largest absolute Gasteiger partial charge is 0.489 e. The minimum absolute atomic E-state index is 0.158. The zero-order valence-corrected chi connectivity index (χ0v) is 21.3. The summed E-state index contributed by atoms with van der Waals surface area (Å²) in [7, 11) is 0. The van der Waals surface area contributed by atoms with E-state index in [1.54, 1.807) is 24.3 Å². The number of rotatable bonds is 9. The molecule has 0 aliphatic carbocycles. The van der Waals surface area contributed by atoms with Gasteiger partial charge in [-0.1, -0.05) is 48.5 Å². The number of esters is 1. The Labute approximate surface area is 226 Å². The number of alkyl halides is 6. The first-order valence-electron chi connectivity index (χ1n) is 12.3. The number of halogens is 6. The van der Waals surface area contributed by atoms with Gasteiger partial charge in [0.05, 0.1) is 12.2 Å². The van der Waals surface area contributed by atoms with Gasteiger partial charge in [-0.3, -0.25) is 0 Å². The van der Waals surface area contributed by atoms with Crippen LogP contribution < -0.4 is 4.74 Å². The second-order valence-corrected chi connectivity index (χ2v) is 9.05. The number of nitrogens with zero attached hydrogens (tertiary/aromatic N) is 1. The predicted molar refractivity (Wildman–Crippen MR) is 136 cm³/mol. The average molecular weight is 562 g/mol. The molecule has 4 nitrogen and oxygen atoms in total. The van der Waals surface area contributed by atoms with Gasteiger partial charge in [-0.15, -0.1) is 0 Å². The third kappa shape index (κ3) is 6.16. The molecule has 0 N–H and O–H groups in total. The van der Waals surface area contributed by atoms with Crippen molar-refractivity contribution in [3.05, 3.63) is 114 Å². The van der Waals surface area contributed by atoms with E-state index in [2.05, 4.69) is 0 Å². The monoisotopic (exact) mass is 561 g/mol. The van der Waals surface area contributed by atoms with Crippen LogP contribution in [0.5, 0.6) is 5.75 Å². The van der Waals surface area contributed by atoms with Gasteiger partial charge in [0.25, 0.3) is 0 Å². The Kier molecular flexibility index (Phi) is 8.27. The predicted octanol–water partition coefficient (Wildman–Crippen LogP) is 7.82. The Bertz CT molecular complexity index is 1390. The fourth-order valence-electron chi connectivity index (χ4n) is 4.28. The second kappa shape index (κ2) is 11.5. The topological polar surface area (TPSA) is 40.5 Å². The van der Waals surface area contributed by atoms with Gasteiger partial charge in [-0.05, 0) is 65.6 Å². The molecule has 0 bridgehead atoms. The van der Waals surface area contributed by atoms with Crippen molar-refractivity contribution in [3.8, 4) is 16.9 Å². The molecule has 0 radical (unpaired) electrons. The third-order valence-electron chi connectivity index (χ3n) is 6.42. The van der Waals surface area contributed by atoms with Crippen LogP contribution in [0.3, 0.4) is 0 Å². The molecule has 1 heterocycles. The Morgan fingerprint density at radius 2 is 1.27 bits per heavy atom. The lowest BCUT2D eigenvalue weighted by molar-refractivity contribution is -0.227. The van der Waals surface area contributed by atoms with Gasteiger partial charge in [0.15, 0.2) is 0 Å². The maximum Gasteiger partial charge on any atom is 0.423 e. The zero-order chi connectivity index (χ0) is 29.0. The molecule has 40 heavy (non-hydrogen) atoms. The first-order valence-corrected chi connectivity index (χ1v) is 12.3. The van der Waals surface area contributed by atoms with Crippen LogP contribution >= 0.6 is 0 Å². The highest BCUT2D eigenvalue weighted by molar-refractivity contribution is 5.80. The van der Waals surface area contributed by atoms with Crippen LogP contribution in [-0.4, -0.2) is 23.3 Å². The normalized spacial score (nSPS) is 13.5. The number of hydrogen-bond donors (Lipinski definition) is 0. The van der Waals surface area contributed by atoms with E-state index in [0.29, 0.717) is 11.3 Å². The molecule has 0 aliphatic rings. The summed E-state index contributed by atoms with van der Waals surface area (Å²) in [5.74, 6) is -0.982. The summed E-state index contributed by atoms with van der Waals surface area (Å²) in [4.78, 5) is 12.7. The van der Waals surface area contributed by atoms with Crippen molar-refractivity contribution in [2.75, 3.05) is 6.61 Å². The van der Waals surface area contributed by atoms with Crippen LogP contribution in [0.15, 0.2) is 97.3 Å². The van der Waals surface area contributed by atoms with E-state index in [9.17, 15) is 31.1 Å². The molecule has 210 valence electrons. The molecule has 0 fully saturated rings. The summed E-state index contributed by atoms with van der Waals surface area (Å²) in [6, 6.07) is 20.7. The fraction of sp³-hybridized carbons (Fsp3) is 0.233. The fourth-order valence-corrected chi connectivity index (χ4v) is 4.28. The highest BCUT2D eigenvalue weighted by Crippen LogP contribution is 2.41. The van der Waals surface area contributed by atoms with Crippen molar-refractivity contribution >= 4 is 5.97 Å².